The average Bonchev–Trinajstić information content (AvgIpc) is 2.96. The topological polar surface area (TPSA) is 62.3 Å². The number of anilines is 2. The second kappa shape index (κ2) is 5.65. The number of ether oxygens (including phenoxy) is 1. The van der Waals surface area contributed by atoms with Crippen LogP contribution < -0.4 is 10.1 Å². The number of halogens is 2. The molecular formula is C17H12ClFN4O. The van der Waals surface area contributed by atoms with Crippen LogP contribution in [0.5, 0.6) is 5.75 Å². The monoisotopic (exact) mass is 342 g/mol. The molecule has 24 heavy (non-hydrogen) atoms. The first-order valence-corrected chi connectivity index (χ1v) is 7.57. The van der Waals surface area contributed by atoms with Gasteiger partial charge in [0.1, 0.15) is 5.69 Å². The summed E-state index contributed by atoms with van der Waals surface area (Å²) in [5.74, 6) is 0.288. The quantitative estimate of drug-likeness (QED) is 0.566. The number of aromatic nitrogens is 2. The summed E-state index contributed by atoms with van der Waals surface area (Å²) < 4.78 is 19.4. The molecule has 0 amide bonds. The number of hydrogen-bond donors (Lipinski definition) is 2. The normalized spacial score (nSPS) is 12.5. The Hall–Kier alpha value is -2.86. The summed E-state index contributed by atoms with van der Waals surface area (Å²) in [4.78, 5) is 4.64. The van der Waals surface area contributed by atoms with E-state index in [1.807, 2.05) is 18.2 Å². The molecule has 0 atom stereocenters. The molecule has 1 aromatic heterocycles. The molecule has 2 heterocycles. The van der Waals surface area contributed by atoms with E-state index in [0.29, 0.717) is 39.1 Å². The summed E-state index contributed by atoms with van der Waals surface area (Å²) in [5.41, 5.74) is 3.12. The largest absolute Gasteiger partial charge is 0.494 e. The van der Waals surface area contributed by atoms with Gasteiger partial charge in [-0.1, -0.05) is 29.8 Å². The Kier molecular flexibility index (Phi) is 3.46. The van der Waals surface area contributed by atoms with Crippen molar-refractivity contribution in [2.45, 2.75) is 0 Å². The minimum Gasteiger partial charge on any atom is -0.494 e. The van der Waals surface area contributed by atoms with Gasteiger partial charge in [0.2, 0.25) is 0 Å². The van der Waals surface area contributed by atoms with E-state index >= 15 is 0 Å². The lowest BCUT2D eigenvalue weighted by atomic mass is 10.00. The first-order chi connectivity index (χ1) is 11.7. The molecule has 0 radical (unpaired) electrons. The van der Waals surface area contributed by atoms with Crippen molar-refractivity contribution in [1.82, 2.24) is 10.2 Å². The Labute approximate surface area is 142 Å². The molecule has 0 saturated carbocycles. The van der Waals surface area contributed by atoms with Crippen molar-refractivity contribution in [2.24, 2.45) is 4.99 Å². The lowest BCUT2D eigenvalue weighted by Crippen LogP contribution is -2.07. The minimum absolute atomic E-state index is 0.141. The van der Waals surface area contributed by atoms with E-state index in [1.165, 1.54) is 13.2 Å². The van der Waals surface area contributed by atoms with Crippen molar-refractivity contribution < 1.29 is 9.13 Å². The Morgan fingerprint density at radius 1 is 1.17 bits per heavy atom. The molecule has 0 aliphatic carbocycles. The molecule has 5 nitrogen and oxygen atoms in total. The second-order valence-electron chi connectivity index (χ2n) is 5.23. The Balaban J connectivity index is 2.02. The van der Waals surface area contributed by atoms with Crippen molar-refractivity contribution >= 4 is 34.5 Å². The van der Waals surface area contributed by atoms with Crippen LogP contribution in [0.1, 0.15) is 11.1 Å². The second-order valence-corrected chi connectivity index (χ2v) is 5.64. The van der Waals surface area contributed by atoms with E-state index < -0.39 is 5.82 Å². The van der Waals surface area contributed by atoms with Gasteiger partial charge in [-0.15, -0.1) is 0 Å². The Morgan fingerprint density at radius 2 is 2.00 bits per heavy atom. The third-order valence-corrected chi connectivity index (χ3v) is 4.12. The molecular weight excluding hydrogens is 331 g/mol. The Bertz CT molecular complexity index is 967. The third-order valence-electron chi connectivity index (χ3n) is 3.79. The van der Waals surface area contributed by atoms with E-state index in [1.54, 1.807) is 18.3 Å². The maximum Gasteiger partial charge on any atom is 0.165 e. The molecule has 0 spiro atoms. The lowest BCUT2D eigenvalue weighted by molar-refractivity contribution is 0.387. The van der Waals surface area contributed by atoms with Gasteiger partial charge >= 0.3 is 0 Å². The Morgan fingerprint density at radius 3 is 2.79 bits per heavy atom. The summed E-state index contributed by atoms with van der Waals surface area (Å²) in [6.45, 7) is 0. The van der Waals surface area contributed by atoms with Crippen molar-refractivity contribution in [1.29, 1.82) is 0 Å². The molecule has 4 rings (SSSR count). The zero-order valence-electron chi connectivity index (χ0n) is 12.6. The molecule has 2 N–H and O–H groups in total. The predicted molar refractivity (Wildman–Crippen MR) is 91.6 cm³/mol. The molecule has 1 aliphatic heterocycles. The van der Waals surface area contributed by atoms with Gasteiger partial charge in [0, 0.05) is 22.2 Å². The summed E-state index contributed by atoms with van der Waals surface area (Å²) in [6.07, 6.45) is 1.60. The SMILES string of the molecule is COc1cc2c(cc1F)C(c1ccccc1Cl)=Nc1cn[nH]c1N2. The minimum atomic E-state index is -0.471. The number of benzene rings is 2. The molecule has 120 valence electrons. The standard InChI is InChI=1S/C17H12ClFN4O/c1-24-15-7-13-10(6-12(15)19)16(9-4-2-3-5-11(9)18)21-14-8-20-23-17(14)22-13/h2-8H,1H3,(H2,20,22,23). The highest BCUT2D eigenvalue weighted by Gasteiger charge is 2.22. The van der Waals surface area contributed by atoms with Gasteiger partial charge in [0.25, 0.3) is 0 Å². The molecule has 3 aromatic rings. The molecule has 0 bridgehead atoms. The number of aromatic amines is 1. The number of nitrogens with one attached hydrogen (secondary N) is 2. The fraction of sp³-hybridized carbons (Fsp3) is 0.0588. The highest BCUT2D eigenvalue weighted by atomic mass is 35.5. The average molecular weight is 343 g/mol. The number of rotatable bonds is 2. The van der Waals surface area contributed by atoms with Crippen LogP contribution in [0.15, 0.2) is 47.6 Å². The van der Waals surface area contributed by atoms with E-state index in [2.05, 4.69) is 20.5 Å². The van der Waals surface area contributed by atoms with Crippen LogP contribution in [0.4, 0.5) is 21.6 Å². The van der Waals surface area contributed by atoms with E-state index in [-0.39, 0.29) is 5.75 Å². The van der Waals surface area contributed by atoms with Gasteiger partial charge in [-0.2, -0.15) is 5.10 Å². The highest BCUT2D eigenvalue weighted by molar-refractivity contribution is 6.36. The van der Waals surface area contributed by atoms with Gasteiger partial charge in [0.05, 0.1) is 24.7 Å². The van der Waals surface area contributed by atoms with Gasteiger partial charge in [-0.05, 0) is 12.1 Å². The fourth-order valence-corrected chi connectivity index (χ4v) is 2.86. The first-order valence-electron chi connectivity index (χ1n) is 7.19. The lowest BCUT2D eigenvalue weighted by Gasteiger charge is -2.14. The maximum absolute atomic E-state index is 14.3. The zero-order chi connectivity index (χ0) is 16.7. The number of nitrogens with zero attached hydrogens (tertiary/aromatic N) is 2. The molecule has 2 aromatic carbocycles. The maximum atomic E-state index is 14.3. The first kappa shape index (κ1) is 14.7. The molecule has 0 fully saturated rings. The summed E-state index contributed by atoms with van der Waals surface area (Å²) in [5, 5.41) is 10.6. The number of methoxy groups -OCH3 is 1. The summed E-state index contributed by atoms with van der Waals surface area (Å²) >= 11 is 6.33. The smallest absolute Gasteiger partial charge is 0.165 e. The van der Waals surface area contributed by atoms with E-state index in [4.69, 9.17) is 16.3 Å². The third kappa shape index (κ3) is 2.32. The number of fused-ring (bicyclic) bond motifs is 2. The van der Waals surface area contributed by atoms with Crippen molar-refractivity contribution in [3.63, 3.8) is 0 Å². The van der Waals surface area contributed by atoms with Crippen molar-refractivity contribution in [2.75, 3.05) is 12.4 Å². The highest BCUT2D eigenvalue weighted by Crippen LogP contribution is 2.37. The van der Waals surface area contributed by atoms with Gasteiger partial charge in [0.15, 0.2) is 17.4 Å². The number of hydrogen-bond acceptors (Lipinski definition) is 4. The van der Waals surface area contributed by atoms with Crippen LogP contribution in [0, 0.1) is 5.82 Å². The summed E-state index contributed by atoms with van der Waals surface area (Å²) in [7, 11) is 1.42. The van der Waals surface area contributed by atoms with E-state index in [9.17, 15) is 4.39 Å². The predicted octanol–water partition coefficient (Wildman–Crippen LogP) is 4.44. The van der Waals surface area contributed by atoms with Crippen LogP contribution in [0.25, 0.3) is 0 Å². The fourth-order valence-electron chi connectivity index (χ4n) is 2.64. The molecule has 1 aliphatic rings. The van der Waals surface area contributed by atoms with Crippen LogP contribution in [-0.4, -0.2) is 23.0 Å². The van der Waals surface area contributed by atoms with Gasteiger partial charge in [-0.3, -0.25) is 5.10 Å². The van der Waals surface area contributed by atoms with Crippen LogP contribution in [0.2, 0.25) is 5.02 Å². The molecule has 0 saturated heterocycles. The van der Waals surface area contributed by atoms with Crippen LogP contribution in [-0.2, 0) is 0 Å². The molecule has 0 unspecified atom stereocenters. The van der Waals surface area contributed by atoms with Gasteiger partial charge in [-0.25, -0.2) is 9.38 Å². The zero-order valence-corrected chi connectivity index (χ0v) is 13.4. The van der Waals surface area contributed by atoms with Crippen LogP contribution >= 0.6 is 11.6 Å². The number of aliphatic imine (C=N–C) groups is 1. The summed E-state index contributed by atoms with van der Waals surface area (Å²) in [6, 6.07) is 10.3. The number of H-pyrrole nitrogens is 1. The van der Waals surface area contributed by atoms with E-state index in [0.717, 1.165) is 0 Å². The van der Waals surface area contributed by atoms with Gasteiger partial charge < -0.3 is 10.1 Å². The van der Waals surface area contributed by atoms with Crippen molar-refractivity contribution in [3.05, 3.63) is 64.6 Å². The van der Waals surface area contributed by atoms with Crippen LogP contribution in [0.3, 0.4) is 0 Å². The molecule has 7 heteroatoms. The van der Waals surface area contributed by atoms with Crippen molar-refractivity contribution in [3.8, 4) is 5.75 Å².